The summed E-state index contributed by atoms with van der Waals surface area (Å²) < 4.78 is 5.25. The van der Waals surface area contributed by atoms with E-state index in [9.17, 15) is 0 Å². The molecule has 1 fully saturated rings. The van der Waals surface area contributed by atoms with Crippen LogP contribution in [0.2, 0.25) is 0 Å². The van der Waals surface area contributed by atoms with Gasteiger partial charge >= 0.3 is 0 Å². The van der Waals surface area contributed by atoms with Crippen LogP contribution < -0.4 is 15.8 Å². The van der Waals surface area contributed by atoms with Crippen LogP contribution in [0.25, 0.3) is 0 Å². The standard InChI is InChI=1S/C15H24N2O/c1-11(12-6-4-3-5-7-12)17-13-8-9-14(16)15(10-13)18-2/h8-12,17H,3-7,16H2,1-2H3. The molecule has 1 aliphatic rings. The van der Waals surface area contributed by atoms with E-state index in [1.54, 1.807) is 7.11 Å². The molecule has 0 amide bonds. The monoisotopic (exact) mass is 248 g/mol. The van der Waals surface area contributed by atoms with Gasteiger partial charge in [-0.3, -0.25) is 0 Å². The highest BCUT2D eigenvalue weighted by Gasteiger charge is 2.19. The molecule has 3 heteroatoms. The summed E-state index contributed by atoms with van der Waals surface area (Å²) in [5.41, 5.74) is 7.61. The summed E-state index contributed by atoms with van der Waals surface area (Å²) in [4.78, 5) is 0. The van der Waals surface area contributed by atoms with Gasteiger partial charge in [-0.05, 0) is 37.8 Å². The molecule has 100 valence electrons. The Balaban J connectivity index is 1.99. The summed E-state index contributed by atoms with van der Waals surface area (Å²) >= 11 is 0. The molecule has 0 spiro atoms. The van der Waals surface area contributed by atoms with Crippen molar-refractivity contribution in [1.82, 2.24) is 0 Å². The Morgan fingerprint density at radius 2 is 2.00 bits per heavy atom. The van der Waals surface area contributed by atoms with Gasteiger partial charge in [0, 0.05) is 17.8 Å². The van der Waals surface area contributed by atoms with Crippen molar-refractivity contribution < 1.29 is 4.74 Å². The first-order valence-electron chi connectivity index (χ1n) is 6.90. The second-order valence-corrected chi connectivity index (χ2v) is 5.29. The third-order valence-corrected chi connectivity index (χ3v) is 3.98. The normalized spacial score (nSPS) is 18.3. The largest absolute Gasteiger partial charge is 0.495 e. The van der Waals surface area contributed by atoms with Crippen LogP contribution in [0.3, 0.4) is 0 Å². The van der Waals surface area contributed by atoms with Gasteiger partial charge in [-0.2, -0.15) is 0 Å². The molecule has 1 aliphatic carbocycles. The SMILES string of the molecule is COc1cc(NC(C)C2CCCCC2)ccc1N. The molecule has 18 heavy (non-hydrogen) atoms. The van der Waals surface area contributed by atoms with Crippen molar-refractivity contribution in [2.24, 2.45) is 5.92 Å². The van der Waals surface area contributed by atoms with Crippen LogP contribution in [0.5, 0.6) is 5.75 Å². The van der Waals surface area contributed by atoms with Crippen LogP contribution in [-0.4, -0.2) is 13.2 Å². The Labute approximate surface area is 110 Å². The van der Waals surface area contributed by atoms with Crippen LogP contribution in [-0.2, 0) is 0 Å². The number of ether oxygens (including phenoxy) is 1. The number of hydrogen-bond acceptors (Lipinski definition) is 3. The topological polar surface area (TPSA) is 47.3 Å². The fourth-order valence-electron chi connectivity index (χ4n) is 2.82. The first kappa shape index (κ1) is 13.1. The lowest BCUT2D eigenvalue weighted by molar-refractivity contribution is 0.328. The lowest BCUT2D eigenvalue weighted by Gasteiger charge is -2.29. The van der Waals surface area contributed by atoms with Gasteiger partial charge in [0.15, 0.2) is 0 Å². The summed E-state index contributed by atoms with van der Waals surface area (Å²) in [6.07, 6.45) is 6.85. The van der Waals surface area contributed by atoms with E-state index in [0.717, 1.165) is 17.4 Å². The Kier molecular flexibility index (Phi) is 4.34. The zero-order valence-corrected chi connectivity index (χ0v) is 11.4. The van der Waals surface area contributed by atoms with Crippen molar-refractivity contribution in [3.8, 4) is 5.75 Å². The van der Waals surface area contributed by atoms with Gasteiger partial charge in [0.05, 0.1) is 12.8 Å². The molecular weight excluding hydrogens is 224 g/mol. The zero-order valence-electron chi connectivity index (χ0n) is 11.4. The lowest BCUT2D eigenvalue weighted by atomic mass is 9.84. The van der Waals surface area contributed by atoms with Crippen molar-refractivity contribution in [1.29, 1.82) is 0 Å². The Bertz CT molecular complexity index is 386. The van der Waals surface area contributed by atoms with E-state index in [1.165, 1.54) is 32.1 Å². The molecule has 2 rings (SSSR count). The second-order valence-electron chi connectivity index (χ2n) is 5.29. The van der Waals surface area contributed by atoms with Crippen molar-refractivity contribution in [2.45, 2.75) is 45.1 Å². The lowest BCUT2D eigenvalue weighted by Crippen LogP contribution is -2.27. The summed E-state index contributed by atoms with van der Waals surface area (Å²) in [5, 5.41) is 3.58. The van der Waals surface area contributed by atoms with Gasteiger partial charge in [-0.15, -0.1) is 0 Å². The van der Waals surface area contributed by atoms with Crippen LogP contribution in [0.4, 0.5) is 11.4 Å². The number of hydrogen-bond donors (Lipinski definition) is 2. The van der Waals surface area contributed by atoms with Crippen LogP contribution in [0.15, 0.2) is 18.2 Å². The van der Waals surface area contributed by atoms with Crippen LogP contribution in [0.1, 0.15) is 39.0 Å². The number of nitrogens with two attached hydrogens (primary N) is 1. The van der Waals surface area contributed by atoms with Gasteiger partial charge in [0.1, 0.15) is 5.75 Å². The van der Waals surface area contributed by atoms with Gasteiger partial charge in [-0.25, -0.2) is 0 Å². The molecule has 0 radical (unpaired) electrons. The van der Waals surface area contributed by atoms with E-state index in [0.29, 0.717) is 11.7 Å². The number of rotatable bonds is 4. The predicted molar refractivity (Wildman–Crippen MR) is 77.1 cm³/mol. The Morgan fingerprint density at radius 1 is 1.28 bits per heavy atom. The third kappa shape index (κ3) is 3.09. The molecular formula is C15H24N2O. The molecule has 1 atom stereocenters. The van der Waals surface area contributed by atoms with Crippen molar-refractivity contribution >= 4 is 11.4 Å². The molecule has 1 saturated carbocycles. The minimum atomic E-state index is 0.513. The van der Waals surface area contributed by atoms with E-state index in [2.05, 4.69) is 12.2 Å². The van der Waals surface area contributed by atoms with Crippen molar-refractivity contribution in [3.05, 3.63) is 18.2 Å². The average Bonchev–Trinajstić information content (AvgIpc) is 2.42. The maximum Gasteiger partial charge on any atom is 0.143 e. The molecule has 0 aliphatic heterocycles. The highest BCUT2D eigenvalue weighted by molar-refractivity contribution is 5.61. The maximum atomic E-state index is 5.82. The van der Waals surface area contributed by atoms with Gasteiger partial charge in [0.2, 0.25) is 0 Å². The minimum absolute atomic E-state index is 0.513. The summed E-state index contributed by atoms with van der Waals surface area (Å²) in [6.45, 7) is 2.28. The molecule has 0 heterocycles. The van der Waals surface area contributed by atoms with E-state index < -0.39 is 0 Å². The number of anilines is 2. The van der Waals surface area contributed by atoms with E-state index in [4.69, 9.17) is 10.5 Å². The predicted octanol–water partition coefficient (Wildman–Crippen LogP) is 3.66. The number of nitrogens with one attached hydrogen (secondary N) is 1. The summed E-state index contributed by atoms with van der Waals surface area (Å²) in [5.74, 6) is 1.54. The molecule has 0 saturated heterocycles. The van der Waals surface area contributed by atoms with E-state index >= 15 is 0 Å². The molecule has 1 aromatic carbocycles. The molecule has 0 bridgehead atoms. The molecule has 1 aromatic rings. The molecule has 3 nitrogen and oxygen atoms in total. The number of nitrogen functional groups attached to an aromatic ring is 1. The third-order valence-electron chi connectivity index (χ3n) is 3.98. The molecule has 0 aromatic heterocycles. The second kappa shape index (κ2) is 5.98. The van der Waals surface area contributed by atoms with Crippen LogP contribution in [0, 0.1) is 5.92 Å². The average molecular weight is 248 g/mol. The Hall–Kier alpha value is -1.38. The summed E-state index contributed by atoms with van der Waals surface area (Å²) in [7, 11) is 1.65. The van der Waals surface area contributed by atoms with Crippen molar-refractivity contribution in [2.75, 3.05) is 18.2 Å². The quantitative estimate of drug-likeness (QED) is 0.799. The number of methoxy groups -OCH3 is 1. The first-order chi connectivity index (χ1) is 8.70. The highest BCUT2D eigenvalue weighted by Crippen LogP contribution is 2.30. The minimum Gasteiger partial charge on any atom is -0.495 e. The van der Waals surface area contributed by atoms with Gasteiger partial charge in [-0.1, -0.05) is 19.3 Å². The molecule has 1 unspecified atom stereocenters. The first-order valence-corrected chi connectivity index (χ1v) is 6.90. The summed E-state index contributed by atoms with van der Waals surface area (Å²) in [6, 6.07) is 6.42. The van der Waals surface area contributed by atoms with E-state index in [1.807, 2.05) is 18.2 Å². The fourth-order valence-corrected chi connectivity index (χ4v) is 2.82. The Morgan fingerprint density at radius 3 is 2.67 bits per heavy atom. The highest BCUT2D eigenvalue weighted by atomic mass is 16.5. The fraction of sp³-hybridized carbons (Fsp3) is 0.600. The number of benzene rings is 1. The van der Waals surface area contributed by atoms with Gasteiger partial charge < -0.3 is 15.8 Å². The smallest absolute Gasteiger partial charge is 0.143 e. The molecule has 3 N–H and O–H groups in total. The zero-order chi connectivity index (χ0) is 13.0. The van der Waals surface area contributed by atoms with E-state index in [-0.39, 0.29) is 0 Å². The van der Waals surface area contributed by atoms with Crippen LogP contribution >= 0.6 is 0 Å². The van der Waals surface area contributed by atoms with Crippen molar-refractivity contribution in [3.63, 3.8) is 0 Å². The maximum absolute atomic E-state index is 5.82. The van der Waals surface area contributed by atoms with Gasteiger partial charge in [0.25, 0.3) is 0 Å².